The number of hydrogen-bond acceptors (Lipinski definition) is 5. The van der Waals surface area contributed by atoms with Crippen LogP contribution >= 0.6 is 35.3 Å². The molecule has 0 bridgehead atoms. The molecule has 0 saturated carbocycles. The van der Waals surface area contributed by atoms with E-state index in [1.54, 1.807) is 18.4 Å². The maximum Gasteiger partial charge on any atom is 0.191 e. The normalized spacial score (nSPS) is 13.3. The van der Waals surface area contributed by atoms with E-state index in [0.29, 0.717) is 12.4 Å². The molecule has 2 rings (SSSR count). The summed E-state index contributed by atoms with van der Waals surface area (Å²) < 4.78 is 23.7. The number of rotatable bonds is 8. The first-order valence-electron chi connectivity index (χ1n) is 8.37. The third-order valence-electron chi connectivity index (χ3n) is 3.73. The van der Waals surface area contributed by atoms with E-state index in [-0.39, 0.29) is 35.8 Å². The number of sulfone groups is 1. The molecule has 2 aromatic rings. The second-order valence-electron chi connectivity index (χ2n) is 6.14. The summed E-state index contributed by atoms with van der Waals surface area (Å²) in [6.07, 6.45) is 3.70. The zero-order valence-corrected chi connectivity index (χ0v) is 19.3. The summed E-state index contributed by atoms with van der Waals surface area (Å²) in [6, 6.07) is 8.22. The van der Waals surface area contributed by atoms with Gasteiger partial charge in [0.25, 0.3) is 0 Å². The fourth-order valence-electron chi connectivity index (χ4n) is 2.36. The summed E-state index contributed by atoms with van der Waals surface area (Å²) in [7, 11) is -1.22. The molecule has 0 saturated heterocycles. The van der Waals surface area contributed by atoms with Gasteiger partial charge in [-0.1, -0.05) is 12.1 Å². The van der Waals surface area contributed by atoms with Crippen molar-refractivity contribution in [3.05, 3.63) is 29.3 Å². The van der Waals surface area contributed by atoms with Gasteiger partial charge in [0, 0.05) is 32.3 Å². The second kappa shape index (κ2) is 11.0. The van der Waals surface area contributed by atoms with Gasteiger partial charge in [0.1, 0.15) is 9.84 Å². The van der Waals surface area contributed by atoms with Crippen LogP contribution in [0.2, 0.25) is 0 Å². The molecule has 0 spiro atoms. The predicted octanol–water partition coefficient (Wildman–Crippen LogP) is 2.84. The topological polar surface area (TPSA) is 83.4 Å². The molecule has 1 aromatic heterocycles. The minimum Gasteiger partial charge on any atom is -0.356 e. The largest absolute Gasteiger partial charge is 0.356 e. The van der Waals surface area contributed by atoms with Crippen molar-refractivity contribution in [2.75, 3.05) is 25.6 Å². The van der Waals surface area contributed by atoms with E-state index >= 15 is 0 Å². The van der Waals surface area contributed by atoms with E-state index in [2.05, 4.69) is 26.7 Å². The Balaban J connectivity index is 0.00000338. The lowest BCUT2D eigenvalue weighted by Crippen LogP contribution is -2.43. The van der Waals surface area contributed by atoms with Gasteiger partial charge in [-0.05, 0) is 31.9 Å². The van der Waals surface area contributed by atoms with Gasteiger partial charge in [-0.2, -0.15) is 0 Å². The molecule has 1 atom stereocenters. The first-order chi connectivity index (χ1) is 11.9. The highest BCUT2D eigenvalue weighted by molar-refractivity contribution is 14.0. The highest BCUT2D eigenvalue weighted by atomic mass is 127. The van der Waals surface area contributed by atoms with Gasteiger partial charge < -0.3 is 10.6 Å². The lowest BCUT2D eigenvalue weighted by Gasteiger charge is -2.17. The number of thiazole rings is 1. The van der Waals surface area contributed by atoms with Crippen LogP contribution in [0.15, 0.2) is 29.3 Å². The van der Waals surface area contributed by atoms with E-state index in [4.69, 9.17) is 0 Å². The van der Waals surface area contributed by atoms with E-state index in [1.165, 1.54) is 11.0 Å². The minimum atomic E-state index is -2.93. The van der Waals surface area contributed by atoms with Crippen LogP contribution in [0.1, 0.15) is 24.8 Å². The third-order valence-corrected chi connectivity index (χ3v) is 5.80. The number of nitrogens with zero attached hydrogens (tertiary/aromatic N) is 2. The van der Waals surface area contributed by atoms with Crippen LogP contribution < -0.4 is 10.6 Å². The first-order valence-corrected chi connectivity index (χ1v) is 11.2. The standard InChI is InChI=1S/C17H26N4O2S2.HI/c1-13(10-12-25(3,22)23)20-17(18-2)19-11-6-9-16-21-14-7-4-5-8-15(14)24-16;/h4-5,7-8,13H,6,9-12H2,1-3H3,(H2,18,19,20);1H. The molecule has 1 aromatic carbocycles. The SMILES string of the molecule is CN=C(NCCCc1nc2ccccc2s1)NC(C)CCS(C)(=O)=O.I. The van der Waals surface area contributed by atoms with Crippen molar-refractivity contribution in [3.63, 3.8) is 0 Å². The Morgan fingerprint density at radius 2 is 2.08 bits per heavy atom. The Morgan fingerprint density at radius 1 is 1.35 bits per heavy atom. The number of fused-ring (bicyclic) bond motifs is 1. The summed E-state index contributed by atoms with van der Waals surface area (Å²) >= 11 is 1.74. The van der Waals surface area contributed by atoms with Gasteiger partial charge in [-0.3, -0.25) is 4.99 Å². The molecule has 1 heterocycles. The highest BCUT2D eigenvalue weighted by Gasteiger charge is 2.09. The van der Waals surface area contributed by atoms with Crippen LogP contribution in [-0.4, -0.2) is 51.0 Å². The Labute approximate surface area is 176 Å². The van der Waals surface area contributed by atoms with Gasteiger partial charge in [0.2, 0.25) is 0 Å². The van der Waals surface area contributed by atoms with Crippen LogP contribution in [0.5, 0.6) is 0 Å². The van der Waals surface area contributed by atoms with Crippen LogP contribution in [0.25, 0.3) is 10.2 Å². The lowest BCUT2D eigenvalue weighted by atomic mass is 10.2. The zero-order chi connectivity index (χ0) is 18.3. The number of benzene rings is 1. The summed E-state index contributed by atoms with van der Waals surface area (Å²) in [4.78, 5) is 8.82. The molecular formula is C17H27IN4O2S2. The van der Waals surface area contributed by atoms with Crippen LogP contribution in [0.4, 0.5) is 0 Å². The number of aromatic nitrogens is 1. The Bertz CT molecular complexity index is 788. The maximum absolute atomic E-state index is 11.2. The van der Waals surface area contributed by atoms with Crippen molar-refractivity contribution in [3.8, 4) is 0 Å². The molecule has 6 nitrogen and oxygen atoms in total. The molecule has 0 aliphatic heterocycles. The van der Waals surface area contributed by atoms with E-state index in [0.717, 1.165) is 29.9 Å². The Kier molecular flexibility index (Phi) is 9.80. The van der Waals surface area contributed by atoms with E-state index < -0.39 is 9.84 Å². The quantitative estimate of drug-likeness (QED) is 0.247. The van der Waals surface area contributed by atoms with Crippen LogP contribution in [0.3, 0.4) is 0 Å². The summed E-state index contributed by atoms with van der Waals surface area (Å²) in [5.74, 6) is 0.876. The molecular weight excluding hydrogens is 483 g/mol. The van der Waals surface area contributed by atoms with Gasteiger partial charge in [0.05, 0.1) is 21.0 Å². The van der Waals surface area contributed by atoms with Crippen LogP contribution in [0, 0.1) is 0 Å². The molecule has 0 aliphatic rings. The number of para-hydroxylation sites is 1. The fourth-order valence-corrected chi connectivity index (χ4v) is 4.16. The number of guanidine groups is 1. The van der Waals surface area contributed by atoms with Gasteiger partial charge in [0.15, 0.2) is 5.96 Å². The second-order valence-corrected chi connectivity index (χ2v) is 9.52. The van der Waals surface area contributed by atoms with Crippen molar-refractivity contribution < 1.29 is 8.42 Å². The molecule has 26 heavy (non-hydrogen) atoms. The summed E-state index contributed by atoms with van der Waals surface area (Å²) in [5, 5.41) is 7.63. The minimum absolute atomic E-state index is 0. The van der Waals surface area contributed by atoms with Crippen molar-refractivity contribution in [1.82, 2.24) is 15.6 Å². The number of halogens is 1. The summed E-state index contributed by atoms with van der Waals surface area (Å²) in [5.41, 5.74) is 1.06. The van der Waals surface area contributed by atoms with Crippen LogP contribution in [-0.2, 0) is 16.3 Å². The maximum atomic E-state index is 11.2. The van der Waals surface area contributed by atoms with E-state index in [9.17, 15) is 8.42 Å². The van der Waals surface area contributed by atoms with Gasteiger partial charge in [-0.15, -0.1) is 35.3 Å². The third kappa shape index (κ3) is 8.17. The van der Waals surface area contributed by atoms with Gasteiger partial charge in [-0.25, -0.2) is 13.4 Å². The van der Waals surface area contributed by atoms with Crippen molar-refractivity contribution in [1.29, 1.82) is 0 Å². The molecule has 0 aliphatic carbocycles. The highest BCUT2D eigenvalue weighted by Crippen LogP contribution is 2.22. The first kappa shape index (κ1) is 23.1. The van der Waals surface area contributed by atoms with Gasteiger partial charge >= 0.3 is 0 Å². The number of nitrogens with one attached hydrogen (secondary N) is 2. The Hall–Kier alpha value is -0.940. The van der Waals surface area contributed by atoms with Crippen molar-refractivity contribution in [2.24, 2.45) is 4.99 Å². The number of hydrogen-bond donors (Lipinski definition) is 2. The average Bonchev–Trinajstić information content (AvgIpc) is 2.98. The van der Waals surface area contributed by atoms with Crippen molar-refractivity contribution in [2.45, 2.75) is 32.2 Å². The Morgan fingerprint density at radius 3 is 2.73 bits per heavy atom. The molecule has 1 unspecified atom stereocenters. The summed E-state index contributed by atoms with van der Waals surface area (Å²) in [6.45, 7) is 2.74. The number of aryl methyl sites for hydroxylation is 1. The molecule has 0 fully saturated rings. The monoisotopic (exact) mass is 510 g/mol. The lowest BCUT2D eigenvalue weighted by molar-refractivity contribution is 0.580. The zero-order valence-electron chi connectivity index (χ0n) is 15.4. The molecule has 146 valence electrons. The predicted molar refractivity (Wildman–Crippen MR) is 122 cm³/mol. The molecule has 0 radical (unpaired) electrons. The van der Waals surface area contributed by atoms with E-state index in [1.807, 2.05) is 25.1 Å². The smallest absolute Gasteiger partial charge is 0.191 e. The molecule has 2 N–H and O–H groups in total. The molecule has 9 heteroatoms. The fraction of sp³-hybridized carbons (Fsp3) is 0.529. The average molecular weight is 510 g/mol. The molecule has 0 amide bonds. The number of aliphatic imine (C=N–C) groups is 1. The van der Waals surface area contributed by atoms with Crippen molar-refractivity contribution >= 4 is 61.3 Å².